The van der Waals surface area contributed by atoms with E-state index in [1.54, 1.807) is 13.0 Å². The number of benzene rings is 1. The van der Waals surface area contributed by atoms with Crippen molar-refractivity contribution < 1.29 is 14.4 Å². The summed E-state index contributed by atoms with van der Waals surface area (Å²) < 4.78 is 0. The molecule has 9 heteroatoms. The Morgan fingerprint density at radius 1 is 1.21 bits per heavy atom. The van der Waals surface area contributed by atoms with Gasteiger partial charge in [-0.15, -0.1) is 11.3 Å². The fourth-order valence-electron chi connectivity index (χ4n) is 3.15. The predicted octanol–water partition coefficient (Wildman–Crippen LogP) is 2.73. The normalized spacial score (nSPS) is 18.7. The van der Waals surface area contributed by atoms with E-state index in [1.165, 1.54) is 11.3 Å². The molecule has 1 atom stereocenters. The minimum Gasteiger partial charge on any atom is -0.322 e. The van der Waals surface area contributed by atoms with E-state index in [-0.39, 0.29) is 5.69 Å². The first-order chi connectivity index (χ1) is 14.0. The summed E-state index contributed by atoms with van der Waals surface area (Å²) in [5.41, 5.74) is 3.12. The van der Waals surface area contributed by atoms with Crippen LogP contribution in [0.15, 0.2) is 53.9 Å². The number of nitrogens with one attached hydrogen (secondary N) is 3. The Bertz CT molecular complexity index is 1050. The summed E-state index contributed by atoms with van der Waals surface area (Å²) in [6.45, 7) is 1.66. The molecule has 1 aliphatic rings. The van der Waals surface area contributed by atoms with Crippen LogP contribution in [0.2, 0.25) is 0 Å². The van der Waals surface area contributed by atoms with Crippen LogP contribution >= 0.6 is 11.3 Å². The molecule has 0 radical (unpaired) electrons. The SMILES string of the molecule is CC1(CCc2ccccc2)NC(=O)N(NC(=O)c2cc(-c3cccs3)[nH]n2)C1=O. The van der Waals surface area contributed by atoms with Crippen molar-refractivity contribution in [3.05, 3.63) is 65.2 Å². The number of thiophene rings is 1. The quantitative estimate of drug-likeness (QED) is 0.544. The van der Waals surface area contributed by atoms with Gasteiger partial charge in [0.1, 0.15) is 5.54 Å². The molecule has 0 spiro atoms. The van der Waals surface area contributed by atoms with E-state index in [4.69, 9.17) is 0 Å². The Balaban J connectivity index is 1.43. The van der Waals surface area contributed by atoms with Crippen molar-refractivity contribution in [2.24, 2.45) is 0 Å². The van der Waals surface area contributed by atoms with Crippen molar-refractivity contribution in [1.82, 2.24) is 25.9 Å². The second-order valence-electron chi connectivity index (χ2n) is 6.97. The van der Waals surface area contributed by atoms with Gasteiger partial charge in [-0.3, -0.25) is 20.1 Å². The van der Waals surface area contributed by atoms with Crippen molar-refractivity contribution >= 4 is 29.2 Å². The summed E-state index contributed by atoms with van der Waals surface area (Å²) >= 11 is 1.51. The van der Waals surface area contributed by atoms with Crippen molar-refractivity contribution in [3.63, 3.8) is 0 Å². The lowest BCUT2D eigenvalue weighted by Crippen LogP contribution is -2.49. The highest BCUT2D eigenvalue weighted by atomic mass is 32.1. The fraction of sp³-hybridized carbons (Fsp3) is 0.200. The van der Waals surface area contributed by atoms with Gasteiger partial charge in [0.15, 0.2) is 5.69 Å². The highest BCUT2D eigenvalue weighted by molar-refractivity contribution is 7.13. The molecule has 1 aliphatic heterocycles. The van der Waals surface area contributed by atoms with E-state index in [0.717, 1.165) is 15.4 Å². The van der Waals surface area contributed by atoms with Gasteiger partial charge in [-0.25, -0.2) is 4.79 Å². The molecule has 3 aromatic rings. The molecule has 0 bridgehead atoms. The van der Waals surface area contributed by atoms with Gasteiger partial charge >= 0.3 is 6.03 Å². The summed E-state index contributed by atoms with van der Waals surface area (Å²) in [7, 11) is 0. The second-order valence-corrected chi connectivity index (χ2v) is 7.92. The van der Waals surface area contributed by atoms with Gasteiger partial charge in [0.2, 0.25) is 0 Å². The fourth-order valence-corrected chi connectivity index (χ4v) is 3.84. The average molecular weight is 409 g/mol. The number of amides is 4. The zero-order valence-corrected chi connectivity index (χ0v) is 16.5. The Morgan fingerprint density at radius 2 is 2.00 bits per heavy atom. The van der Waals surface area contributed by atoms with Crippen molar-refractivity contribution in [1.29, 1.82) is 0 Å². The molecule has 1 unspecified atom stereocenters. The Labute approximate surface area is 170 Å². The lowest BCUT2D eigenvalue weighted by Gasteiger charge is -2.21. The second kappa shape index (κ2) is 7.51. The number of H-pyrrole nitrogens is 1. The lowest BCUT2D eigenvalue weighted by atomic mass is 9.93. The average Bonchev–Trinajstić information content (AvgIpc) is 3.45. The molecule has 1 aromatic carbocycles. The van der Waals surface area contributed by atoms with Gasteiger partial charge in [-0.1, -0.05) is 36.4 Å². The maximum Gasteiger partial charge on any atom is 0.344 e. The Kier molecular flexibility index (Phi) is 4.89. The minimum absolute atomic E-state index is 0.0897. The molecule has 1 saturated heterocycles. The third-order valence-corrected chi connectivity index (χ3v) is 5.73. The summed E-state index contributed by atoms with van der Waals surface area (Å²) in [6, 6.07) is 14.4. The Morgan fingerprint density at radius 3 is 2.72 bits per heavy atom. The number of rotatable bonds is 6. The molecular formula is C20H19N5O3S. The predicted molar refractivity (Wildman–Crippen MR) is 108 cm³/mol. The molecular weight excluding hydrogens is 390 g/mol. The number of hydrazine groups is 1. The summed E-state index contributed by atoms with van der Waals surface area (Å²) in [5.74, 6) is -1.14. The molecule has 4 amide bonds. The van der Waals surface area contributed by atoms with Crippen LogP contribution in [0.3, 0.4) is 0 Å². The zero-order chi connectivity index (χ0) is 20.4. The first kappa shape index (κ1) is 18.9. The highest BCUT2D eigenvalue weighted by Gasteiger charge is 2.48. The molecule has 3 heterocycles. The van der Waals surface area contributed by atoms with Crippen molar-refractivity contribution in [2.45, 2.75) is 25.3 Å². The van der Waals surface area contributed by atoms with Gasteiger partial charge in [0.25, 0.3) is 11.8 Å². The number of aromatic amines is 1. The molecule has 8 nitrogen and oxygen atoms in total. The van der Waals surface area contributed by atoms with E-state index in [9.17, 15) is 14.4 Å². The molecule has 1 fully saturated rings. The number of nitrogens with zero attached hydrogens (tertiary/aromatic N) is 2. The third-order valence-electron chi connectivity index (χ3n) is 4.83. The van der Waals surface area contributed by atoms with Gasteiger partial charge in [-0.2, -0.15) is 10.1 Å². The third kappa shape index (κ3) is 3.77. The van der Waals surface area contributed by atoms with Crippen LogP contribution in [0, 0.1) is 0 Å². The van der Waals surface area contributed by atoms with Crippen LogP contribution in [0.25, 0.3) is 10.6 Å². The van der Waals surface area contributed by atoms with Gasteiger partial charge < -0.3 is 5.32 Å². The lowest BCUT2D eigenvalue weighted by molar-refractivity contribution is -0.132. The van der Waals surface area contributed by atoms with Crippen LogP contribution in [0.1, 0.15) is 29.4 Å². The van der Waals surface area contributed by atoms with Gasteiger partial charge in [-0.05, 0) is 42.8 Å². The number of hydrogen-bond acceptors (Lipinski definition) is 5. The minimum atomic E-state index is -1.09. The van der Waals surface area contributed by atoms with Gasteiger partial charge in [0, 0.05) is 0 Å². The monoisotopic (exact) mass is 409 g/mol. The maximum absolute atomic E-state index is 12.8. The number of aromatic nitrogens is 2. The molecule has 4 rings (SSSR count). The number of carbonyl (C=O) groups is 3. The van der Waals surface area contributed by atoms with E-state index < -0.39 is 23.4 Å². The first-order valence-electron chi connectivity index (χ1n) is 9.07. The summed E-state index contributed by atoms with van der Waals surface area (Å²) in [6.07, 6.45) is 1.04. The van der Waals surface area contributed by atoms with Crippen LogP contribution in [0.5, 0.6) is 0 Å². The number of hydrogen-bond donors (Lipinski definition) is 3. The van der Waals surface area contributed by atoms with Crippen LogP contribution in [-0.4, -0.2) is 38.6 Å². The smallest absolute Gasteiger partial charge is 0.322 e. The van der Waals surface area contributed by atoms with Crippen LogP contribution in [-0.2, 0) is 11.2 Å². The number of imide groups is 1. The number of carbonyl (C=O) groups excluding carboxylic acids is 3. The van der Waals surface area contributed by atoms with E-state index in [2.05, 4.69) is 20.9 Å². The topological polar surface area (TPSA) is 107 Å². The first-order valence-corrected chi connectivity index (χ1v) is 9.95. The standard InChI is InChI=1S/C20H19N5O3S/c1-20(10-9-13-6-3-2-4-7-13)18(27)25(19(28)21-20)24-17(26)15-12-14(22-23-15)16-8-5-11-29-16/h2-8,11-12H,9-10H2,1H3,(H,21,28)(H,22,23)(H,24,26). The molecule has 29 heavy (non-hydrogen) atoms. The highest BCUT2D eigenvalue weighted by Crippen LogP contribution is 2.24. The molecule has 0 aliphatic carbocycles. The molecule has 2 aromatic heterocycles. The maximum atomic E-state index is 12.8. The van der Waals surface area contributed by atoms with Crippen molar-refractivity contribution in [3.8, 4) is 10.6 Å². The van der Waals surface area contributed by atoms with Crippen LogP contribution < -0.4 is 10.7 Å². The zero-order valence-electron chi connectivity index (χ0n) is 15.6. The molecule has 0 saturated carbocycles. The molecule has 3 N–H and O–H groups in total. The summed E-state index contributed by atoms with van der Waals surface area (Å²) in [4.78, 5) is 38.6. The Hall–Kier alpha value is -3.46. The van der Waals surface area contributed by atoms with Crippen LogP contribution in [0.4, 0.5) is 4.79 Å². The summed E-state index contributed by atoms with van der Waals surface area (Å²) in [5, 5.41) is 12.1. The largest absolute Gasteiger partial charge is 0.344 e. The van der Waals surface area contributed by atoms with E-state index in [0.29, 0.717) is 18.5 Å². The van der Waals surface area contributed by atoms with Crippen molar-refractivity contribution in [2.75, 3.05) is 0 Å². The van der Waals surface area contributed by atoms with E-state index >= 15 is 0 Å². The number of aryl methyl sites for hydroxylation is 1. The molecule has 148 valence electrons. The number of urea groups is 1. The van der Waals surface area contributed by atoms with Gasteiger partial charge in [0.05, 0.1) is 10.6 Å². The van der Waals surface area contributed by atoms with E-state index in [1.807, 2.05) is 47.8 Å².